The Morgan fingerprint density at radius 1 is 1.50 bits per heavy atom. The number of hydrogen-bond acceptors (Lipinski definition) is 0. The summed E-state index contributed by atoms with van der Waals surface area (Å²) in [5.41, 5.74) is 1.31. The lowest BCUT2D eigenvalue weighted by atomic mass is 10.1. The van der Waals surface area contributed by atoms with E-state index < -0.39 is 0 Å². The molecule has 1 unspecified atom stereocenters. The summed E-state index contributed by atoms with van der Waals surface area (Å²) < 4.78 is 0. The van der Waals surface area contributed by atoms with Crippen molar-refractivity contribution in [1.82, 2.24) is 0 Å². The Morgan fingerprint density at radius 2 is 2.25 bits per heavy atom. The van der Waals surface area contributed by atoms with Crippen LogP contribution in [-0.4, -0.2) is 4.83 Å². The number of rotatable bonds is 3. The second-order valence-electron chi connectivity index (χ2n) is 2.95. The second-order valence-corrected chi connectivity index (χ2v) is 4.95. The van der Waals surface area contributed by atoms with Crippen molar-refractivity contribution in [2.75, 3.05) is 0 Å². The molecule has 0 aliphatic heterocycles. The molecule has 12 heavy (non-hydrogen) atoms. The third-order valence-electron chi connectivity index (χ3n) is 1.72. The summed E-state index contributed by atoms with van der Waals surface area (Å²) in [7, 11) is 0. The van der Waals surface area contributed by atoms with Crippen molar-refractivity contribution in [1.29, 1.82) is 0 Å². The molecule has 0 radical (unpaired) electrons. The van der Waals surface area contributed by atoms with Gasteiger partial charge in [-0.05, 0) is 30.5 Å². The zero-order valence-corrected chi connectivity index (χ0v) is 9.40. The van der Waals surface area contributed by atoms with E-state index >= 15 is 0 Å². The van der Waals surface area contributed by atoms with Crippen LogP contribution in [0.5, 0.6) is 0 Å². The molecule has 0 bridgehead atoms. The van der Waals surface area contributed by atoms with Gasteiger partial charge < -0.3 is 0 Å². The van der Waals surface area contributed by atoms with Gasteiger partial charge in [-0.1, -0.05) is 46.6 Å². The fourth-order valence-electron chi connectivity index (χ4n) is 1.06. The molecule has 0 saturated heterocycles. The first-order chi connectivity index (χ1) is 5.68. The Hall–Kier alpha value is -0.0100. The van der Waals surface area contributed by atoms with Crippen molar-refractivity contribution in [3.05, 3.63) is 34.9 Å². The Bertz CT molecular complexity index is 245. The van der Waals surface area contributed by atoms with E-state index in [0.29, 0.717) is 4.83 Å². The van der Waals surface area contributed by atoms with Crippen LogP contribution < -0.4 is 0 Å². The van der Waals surface area contributed by atoms with Gasteiger partial charge in [0.15, 0.2) is 0 Å². The van der Waals surface area contributed by atoms with Crippen LogP contribution in [0, 0.1) is 0 Å². The largest absolute Gasteiger partial charge is 0.0894 e. The van der Waals surface area contributed by atoms with Gasteiger partial charge in [0.25, 0.3) is 0 Å². The maximum absolute atomic E-state index is 5.85. The molecule has 0 fully saturated rings. The first-order valence-corrected chi connectivity index (χ1v) is 5.36. The van der Waals surface area contributed by atoms with E-state index in [-0.39, 0.29) is 0 Å². The van der Waals surface area contributed by atoms with Gasteiger partial charge in [0.1, 0.15) is 0 Å². The monoisotopic (exact) mass is 246 g/mol. The molecule has 0 N–H and O–H groups in total. The zero-order chi connectivity index (χ0) is 8.97. The molecule has 0 saturated carbocycles. The lowest BCUT2D eigenvalue weighted by molar-refractivity contribution is 0.822. The SMILES string of the molecule is CC(Br)CCc1cccc(Cl)c1. The Labute approximate surface area is 87.1 Å². The molecule has 0 aromatic heterocycles. The maximum atomic E-state index is 5.85. The molecule has 0 aliphatic rings. The molecule has 1 rings (SSSR count). The zero-order valence-electron chi connectivity index (χ0n) is 7.06. The third-order valence-corrected chi connectivity index (χ3v) is 2.41. The van der Waals surface area contributed by atoms with Crippen LogP contribution in [0.2, 0.25) is 5.02 Å². The lowest BCUT2D eigenvalue weighted by Crippen LogP contribution is -1.93. The van der Waals surface area contributed by atoms with E-state index in [0.717, 1.165) is 17.9 Å². The molecule has 1 atom stereocenters. The summed E-state index contributed by atoms with van der Waals surface area (Å²) >= 11 is 9.37. The number of benzene rings is 1. The molecule has 0 heterocycles. The highest BCUT2D eigenvalue weighted by molar-refractivity contribution is 9.09. The molecule has 66 valence electrons. The highest BCUT2D eigenvalue weighted by Gasteiger charge is 1.97. The summed E-state index contributed by atoms with van der Waals surface area (Å²) in [6.45, 7) is 2.16. The highest BCUT2D eigenvalue weighted by Crippen LogP contribution is 2.14. The summed E-state index contributed by atoms with van der Waals surface area (Å²) in [5, 5.41) is 0.828. The molecular formula is C10H12BrCl. The highest BCUT2D eigenvalue weighted by atomic mass is 79.9. The van der Waals surface area contributed by atoms with E-state index in [9.17, 15) is 0 Å². The normalized spacial score (nSPS) is 12.9. The van der Waals surface area contributed by atoms with Gasteiger partial charge in [-0.3, -0.25) is 0 Å². The standard InChI is InChI=1S/C10H12BrCl/c1-8(11)5-6-9-3-2-4-10(12)7-9/h2-4,7-8H,5-6H2,1H3. The molecule has 1 aromatic rings. The number of halogens is 2. The topological polar surface area (TPSA) is 0 Å². The van der Waals surface area contributed by atoms with Crippen LogP contribution in [0.15, 0.2) is 24.3 Å². The predicted octanol–water partition coefficient (Wildman–Crippen LogP) is 4.06. The van der Waals surface area contributed by atoms with Gasteiger partial charge in [0.2, 0.25) is 0 Å². The number of hydrogen-bond donors (Lipinski definition) is 0. The Balaban J connectivity index is 2.52. The van der Waals surface area contributed by atoms with E-state index in [1.807, 2.05) is 18.2 Å². The molecule has 0 aliphatic carbocycles. The van der Waals surface area contributed by atoms with Crippen molar-refractivity contribution in [3.8, 4) is 0 Å². The van der Waals surface area contributed by atoms with Crippen LogP contribution in [0.3, 0.4) is 0 Å². The van der Waals surface area contributed by atoms with Gasteiger partial charge in [-0.15, -0.1) is 0 Å². The Kier molecular flexibility index (Phi) is 4.10. The molecule has 2 heteroatoms. The second kappa shape index (κ2) is 4.88. The summed E-state index contributed by atoms with van der Waals surface area (Å²) in [5.74, 6) is 0. The van der Waals surface area contributed by atoms with Gasteiger partial charge in [0.05, 0.1) is 0 Å². The summed E-state index contributed by atoms with van der Waals surface area (Å²) in [6.07, 6.45) is 2.24. The smallest absolute Gasteiger partial charge is 0.0408 e. The van der Waals surface area contributed by atoms with Crippen molar-refractivity contribution in [3.63, 3.8) is 0 Å². The maximum Gasteiger partial charge on any atom is 0.0408 e. The molecule has 0 amide bonds. The van der Waals surface area contributed by atoms with Crippen LogP contribution in [0.25, 0.3) is 0 Å². The molecular weight excluding hydrogens is 235 g/mol. The number of aryl methyl sites for hydroxylation is 1. The van der Waals surface area contributed by atoms with E-state index in [1.165, 1.54) is 5.56 Å². The van der Waals surface area contributed by atoms with Crippen LogP contribution in [-0.2, 0) is 6.42 Å². The minimum atomic E-state index is 0.580. The van der Waals surface area contributed by atoms with Gasteiger partial charge in [-0.25, -0.2) is 0 Å². The molecule has 1 aromatic carbocycles. The quantitative estimate of drug-likeness (QED) is 0.707. The van der Waals surface area contributed by atoms with E-state index in [2.05, 4.69) is 28.9 Å². The van der Waals surface area contributed by atoms with Crippen molar-refractivity contribution in [2.45, 2.75) is 24.6 Å². The van der Waals surface area contributed by atoms with Crippen LogP contribution in [0.4, 0.5) is 0 Å². The van der Waals surface area contributed by atoms with Crippen LogP contribution >= 0.6 is 27.5 Å². The fraction of sp³-hybridized carbons (Fsp3) is 0.400. The van der Waals surface area contributed by atoms with E-state index in [1.54, 1.807) is 0 Å². The third kappa shape index (κ3) is 3.59. The van der Waals surface area contributed by atoms with Crippen molar-refractivity contribution >= 4 is 27.5 Å². The van der Waals surface area contributed by atoms with Gasteiger partial charge >= 0.3 is 0 Å². The Morgan fingerprint density at radius 3 is 2.83 bits per heavy atom. The minimum absolute atomic E-state index is 0.580. The van der Waals surface area contributed by atoms with Gasteiger partial charge in [-0.2, -0.15) is 0 Å². The number of alkyl halides is 1. The van der Waals surface area contributed by atoms with Crippen molar-refractivity contribution in [2.24, 2.45) is 0 Å². The lowest BCUT2D eigenvalue weighted by Gasteiger charge is -2.03. The first kappa shape index (κ1) is 10.1. The molecule has 0 spiro atoms. The summed E-state index contributed by atoms with van der Waals surface area (Å²) in [6, 6.07) is 8.04. The molecule has 0 nitrogen and oxygen atoms in total. The average molecular weight is 248 g/mol. The predicted molar refractivity (Wildman–Crippen MR) is 58.2 cm³/mol. The minimum Gasteiger partial charge on any atom is -0.0894 e. The van der Waals surface area contributed by atoms with Crippen molar-refractivity contribution < 1.29 is 0 Å². The van der Waals surface area contributed by atoms with E-state index in [4.69, 9.17) is 11.6 Å². The van der Waals surface area contributed by atoms with Crippen LogP contribution in [0.1, 0.15) is 18.9 Å². The fourth-order valence-corrected chi connectivity index (χ4v) is 1.50. The summed E-state index contributed by atoms with van der Waals surface area (Å²) in [4.78, 5) is 0.580. The van der Waals surface area contributed by atoms with Gasteiger partial charge in [0, 0.05) is 9.85 Å². The first-order valence-electron chi connectivity index (χ1n) is 4.07. The average Bonchev–Trinajstić information content (AvgIpc) is 2.01.